The van der Waals surface area contributed by atoms with E-state index in [4.69, 9.17) is 0 Å². The maximum Gasteiger partial charge on any atom is 0.512 e. The van der Waals surface area contributed by atoms with Gasteiger partial charge in [-0.15, -0.1) is 0 Å². The van der Waals surface area contributed by atoms with Crippen LogP contribution in [0.4, 0.5) is 52.7 Å². The average molecular weight is 735 g/mol. The van der Waals surface area contributed by atoms with Crippen LogP contribution in [-0.2, 0) is 40.1 Å². The molecule has 0 aromatic rings. The summed E-state index contributed by atoms with van der Waals surface area (Å²) in [6.07, 6.45) is 0. The zero-order valence-corrected chi connectivity index (χ0v) is 17.7. The first-order valence-corrected chi connectivity index (χ1v) is 11.2. The van der Waals surface area contributed by atoms with Gasteiger partial charge in [-0.25, -0.2) is 33.7 Å². The molecule has 31 heavy (non-hydrogen) atoms. The Morgan fingerprint density at radius 1 is 0.355 bits per heavy atom. The number of sulfonamides is 4. The molecule has 10 nitrogen and oxygen atoms in total. The molecule has 0 rings (SSSR count). The number of halogens is 12. The summed E-state index contributed by atoms with van der Waals surface area (Å²) >= 11 is 0. The maximum absolute atomic E-state index is 11.5. The van der Waals surface area contributed by atoms with E-state index < -0.39 is 70.4 Å². The van der Waals surface area contributed by atoms with Gasteiger partial charge in [0.15, 0.2) is 0 Å². The van der Waals surface area contributed by atoms with Gasteiger partial charge in [0, 0.05) is 46.9 Å². The van der Waals surface area contributed by atoms with Crippen molar-refractivity contribution >= 4 is 40.1 Å². The summed E-state index contributed by atoms with van der Waals surface area (Å²) in [5, 5.41) is 0. The van der Waals surface area contributed by atoms with E-state index >= 15 is 0 Å². The predicted molar refractivity (Wildman–Crippen MR) is 66.2 cm³/mol. The molecule has 198 valence electrons. The van der Waals surface area contributed by atoms with Crippen LogP contribution in [0.3, 0.4) is 0 Å². The molecule has 0 unspecified atom stereocenters. The van der Waals surface area contributed by atoms with Crippen LogP contribution in [0.1, 0.15) is 0 Å². The first kappa shape index (κ1) is 36.0. The molecule has 0 saturated carbocycles. The molecule has 0 bridgehead atoms. The second kappa shape index (κ2) is 10.3. The topological polar surface area (TPSA) is 161 Å². The third-order valence-corrected chi connectivity index (χ3v) is 7.61. The molecule has 0 aromatic carbocycles. The van der Waals surface area contributed by atoms with E-state index in [1.165, 1.54) is 0 Å². The van der Waals surface area contributed by atoms with E-state index in [1.807, 2.05) is 0 Å². The molecular weight excluding hydrogens is 733 g/mol. The second-order valence-corrected chi connectivity index (χ2v) is 11.2. The van der Waals surface area contributed by atoms with Crippen LogP contribution < -0.4 is 8.25 Å². The number of rotatable bonds is 4. The van der Waals surface area contributed by atoms with E-state index in [9.17, 15) is 86.4 Å². The Bertz CT molecular complexity index is 862. The fraction of sp³-hybridized carbons (Fsp3) is 1.00. The van der Waals surface area contributed by atoms with E-state index in [2.05, 4.69) is 0 Å². The maximum atomic E-state index is 11.5. The van der Waals surface area contributed by atoms with Gasteiger partial charge in [-0.1, -0.05) is 8.25 Å². The normalized spacial score (nSPS) is 14.8. The Balaban J connectivity index is -0.000000490. The van der Waals surface area contributed by atoms with Crippen molar-refractivity contribution in [2.24, 2.45) is 0 Å². The third kappa shape index (κ3) is 10.5. The van der Waals surface area contributed by atoms with Gasteiger partial charge in [0.2, 0.25) is 0 Å². The standard InChI is InChI=1S/2C2HF6NO4S2.Yb/c2*3-1(4,5)14(10,11)9-15(12,13)2(6,7)8;/h2*9H;. The van der Waals surface area contributed by atoms with Crippen LogP contribution in [0.5, 0.6) is 0 Å². The molecule has 0 aliphatic rings. The Kier molecular flexibility index (Phi) is 12.0. The molecule has 0 fully saturated rings. The van der Waals surface area contributed by atoms with Crippen molar-refractivity contribution in [3.8, 4) is 0 Å². The Hall–Kier alpha value is 0.399. The first-order valence-electron chi connectivity index (χ1n) is 5.23. The van der Waals surface area contributed by atoms with Crippen molar-refractivity contribution in [1.82, 2.24) is 8.25 Å². The van der Waals surface area contributed by atoms with Gasteiger partial charge in [0.25, 0.3) is 0 Å². The molecule has 0 atom stereocenters. The molecule has 0 spiro atoms. The predicted octanol–water partition coefficient (Wildman–Crippen LogP) is 0.550. The van der Waals surface area contributed by atoms with Gasteiger partial charge in [0.05, 0.1) is 0 Å². The van der Waals surface area contributed by atoms with Crippen LogP contribution >= 0.6 is 0 Å². The fourth-order valence-electron chi connectivity index (χ4n) is 0.478. The smallest absolute Gasteiger partial charge is 0.202 e. The van der Waals surface area contributed by atoms with Crippen molar-refractivity contribution in [2.75, 3.05) is 0 Å². The Labute approximate surface area is 202 Å². The van der Waals surface area contributed by atoms with Crippen molar-refractivity contribution in [3.63, 3.8) is 0 Å². The average Bonchev–Trinajstić information content (AvgIpc) is 2.30. The molecule has 0 radical (unpaired) electrons. The van der Waals surface area contributed by atoms with E-state index in [0.717, 1.165) is 0 Å². The minimum Gasteiger partial charge on any atom is -0.202 e. The van der Waals surface area contributed by atoms with Crippen LogP contribution in [0.15, 0.2) is 0 Å². The van der Waals surface area contributed by atoms with Crippen molar-refractivity contribution in [1.29, 1.82) is 0 Å². The number of nitrogens with one attached hydrogen (secondary N) is 2. The van der Waals surface area contributed by atoms with Crippen LogP contribution in [0, 0.1) is 46.9 Å². The summed E-state index contributed by atoms with van der Waals surface area (Å²) < 4.78 is 217. The minimum atomic E-state index is -6.60. The zero-order chi connectivity index (χ0) is 25.4. The van der Waals surface area contributed by atoms with Crippen molar-refractivity contribution in [3.05, 3.63) is 0 Å². The molecular formula is C4H2F12N2O8S4Yb. The molecule has 0 saturated heterocycles. The van der Waals surface area contributed by atoms with Crippen LogP contribution in [-0.4, -0.2) is 55.7 Å². The van der Waals surface area contributed by atoms with Gasteiger partial charge in [-0.05, 0) is 0 Å². The summed E-state index contributed by atoms with van der Waals surface area (Å²) in [4.78, 5) is 0. The molecule has 2 N–H and O–H groups in total. The minimum absolute atomic E-state index is 0. The largest absolute Gasteiger partial charge is 0.512 e. The van der Waals surface area contributed by atoms with E-state index in [1.54, 1.807) is 0 Å². The summed E-state index contributed by atoms with van der Waals surface area (Å²) in [6.45, 7) is 0. The molecule has 27 heteroatoms. The van der Waals surface area contributed by atoms with Gasteiger partial charge < -0.3 is 0 Å². The first-order chi connectivity index (χ1) is 12.4. The molecule has 0 aromatic heterocycles. The second-order valence-electron chi connectivity index (χ2n) is 3.96. The van der Waals surface area contributed by atoms with Crippen LogP contribution in [0.2, 0.25) is 0 Å². The molecule has 0 heterocycles. The monoisotopic (exact) mass is 736 g/mol. The summed E-state index contributed by atoms with van der Waals surface area (Å²) in [5.74, 6) is 0. The van der Waals surface area contributed by atoms with Crippen molar-refractivity contribution < 1.29 is 133 Å². The number of hydrogen-bond acceptors (Lipinski definition) is 8. The third-order valence-electron chi connectivity index (χ3n) is 1.66. The summed E-state index contributed by atoms with van der Waals surface area (Å²) in [5.41, 5.74) is -24.6. The summed E-state index contributed by atoms with van der Waals surface area (Å²) in [7, 11) is -26.4. The molecule has 0 aliphatic heterocycles. The van der Waals surface area contributed by atoms with Gasteiger partial charge in [-0.2, -0.15) is 52.7 Å². The number of alkyl halides is 12. The SMILES string of the molecule is O=S(=O)(NS(=O)(=O)C(F)(F)F)C(F)(F)F.O=S(=O)(NS(=O)(=O)C(F)(F)F)C(F)(F)F.[Yb]. The molecule has 0 amide bonds. The Morgan fingerprint density at radius 2 is 0.452 bits per heavy atom. The van der Waals surface area contributed by atoms with Gasteiger partial charge >= 0.3 is 62.1 Å². The quantitative estimate of drug-likeness (QED) is 0.397. The van der Waals surface area contributed by atoms with Gasteiger partial charge in [0.1, 0.15) is 0 Å². The summed E-state index contributed by atoms with van der Waals surface area (Å²) in [6, 6.07) is 0. The number of hydrogen-bond donors (Lipinski definition) is 2. The Morgan fingerprint density at radius 3 is 0.516 bits per heavy atom. The van der Waals surface area contributed by atoms with E-state index in [-0.39, 0.29) is 46.9 Å². The van der Waals surface area contributed by atoms with E-state index in [0.29, 0.717) is 0 Å². The fourth-order valence-corrected chi connectivity index (χ4v) is 4.30. The zero-order valence-electron chi connectivity index (χ0n) is 12.7. The van der Waals surface area contributed by atoms with Crippen LogP contribution in [0.25, 0.3) is 0 Å². The molecule has 0 aliphatic carbocycles. The van der Waals surface area contributed by atoms with Crippen molar-refractivity contribution in [2.45, 2.75) is 22.0 Å². The van der Waals surface area contributed by atoms with Gasteiger partial charge in [-0.3, -0.25) is 0 Å².